The van der Waals surface area contributed by atoms with Crippen LogP contribution in [0, 0.1) is 0 Å². The predicted molar refractivity (Wildman–Crippen MR) is 106 cm³/mol. The number of nitrogens with zero attached hydrogens (tertiary/aromatic N) is 4. The summed E-state index contributed by atoms with van der Waals surface area (Å²) in [7, 11) is 1.95. The van der Waals surface area contributed by atoms with E-state index in [9.17, 15) is 4.79 Å². The Morgan fingerprint density at radius 1 is 1.39 bits per heavy atom. The summed E-state index contributed by atoms with van der Waals surface area (Å²) < 4.78 is 7.49. The van der Waals surface area contributed by atoms with E-state index in [0.29, 0.717) is 24.8 Å². The number of hydrogen-bond donors (Lipinski definition) is 1. The Hall–Kier alpha value is -2.58. The molecule has 0 atom stereocenters. The highest BCUT2D eigenvalue weighted by Crippen LogP contribution is 2.41. The minimum Gasteiger partial charge on any atom is -0.379 e. The molecule has 1 aromatic carbocycles. The number of aryl methyl sites for hydroxylation is 1. The monoisotopic (exact) mass is 395 g/mol. The Bertz CT molecular complexity index is 1020. The fraction of sp³-hybridized carbons (Fsp3) is 0.400. The molecule has 1 aliphatic carbocycles. The van der Waals surface area contributed by atoms with Gasteiger partial charge in [-0.1, -0.05) is 12.1 Å². The molecule has 0 radical (unpaired) electrons. The zero-order valence-corrected chi connectivity index (χ0v) is 16.4. The molecule has 144 valence electrons. The van der Waals surface area contributed by atoms with Gasteiger partial charge in [-0.25, -0.2) is 4.98 Å². The van der Waals surface area contributed by atoms with E-state index in [0.717, 1.165) is 28.5 Å². The van der Waals surface area contributed by atoms with Gasteiger partial charge in [0.1, 0.15) is 17.8 Å². The van der Waals surface area contributed by atoms with Crippen LogP contribution in [0.3, 0.4) is 0 Å². The molecule has 2 aromatic heterocycles. The number of benzene rings is 1. The molecule has 1 saturated heterocycles. The smallest absolute Gasteiger partial charge is 0.275 e. The van der Waals surface area contributed by atoms with Gasteiger partial charge in [-0.3, -0.25) is 4.79 Å². The molecule has 1 saturated carbocycles. The van der Waals surface area contributed by atoms with Gasteiger partial charge in [-0.15, -0.1) is 21.5 Å². The van der Waals surface area contributed by atoms with E-state index in [1.807, 2.05) is 35.2 Å². The maximum absolute atomic E-state index is 12.6. The van der Waals surface area contributed by atoms with Crippen LogP contribution in [0.25, 0.3) is 0 Å². The summed E-state index contributed by atoms with van der Waals surface area (Å²) in [5.41, 5.74) is 2.27. The van der Waals surface area contributed by atoms with Gasteiger partial charge < -0.3 is 14.6 Å². The van der Waals surface area contributed by atoms with Crippen molar-refractivity contribution in [1.29, 1.82) is 0 Å². The lowest BCUT2D eigenvalue weighted by molar-refractivity contribution is -0.0610. The Balaban J connectivity index is 1.35. The van der Waals surface area contributed by atoms with Crippen molar-refractivity contribution in [1.82, 2.24) is 19.7 Å². The van der Waals surface area contributed by atoms with Gasteiger partial charge in [0, 0.05) is 35.9 Å². The van der Waals surface area contributed by atoms with E-state index in [2.05, 4.69) is 26.6 Å². The number of thiazole rings is 1. The molecule has 1 N–H and O–H groups in total. The Labute approximate surface area is 166 Å². The molecular formula is C20H21N5O2S. The first-order chi connectivity index (χ1) is 13.6. The van der Waals surface area contributed by atoms with Gasteiger partial charge in [-0.2, -0.15) is 0 Å². The Kier molecular flexibility index (Phi) is 4.25. The predicted octanol–water partition coefficient (Wildman–Crippen LogP) is 2.91. The van der Waals surface area contributed by atoms with Gasteiger partial charge in [0.15, 0.2) is 0 Å². The average molecular weight is 395 g/mol. The van der Waals surface area contributed by atoms with Crippen molar-refractivity contribution in [2.75, 3.05) is 18.5 Å². The summed E-state index contributed by atoms with van der Waals surface area (Å²) in [6.45, 7) is 1.27. The summed E-state index contributed by atoms with van der Waals surface area (Å²) >= 11 is 1.58. The van der Waals surface area contributed by atoms with Crippen LogP contribution in [0.1, 0.15) is 45.6 Å². The topological polar surface area (TPSA) is 81.9 Å². The van der Waals surface area contributed by atoms with Gasteiger partial charge in [0.25, 0.3) is 5.91 Å². The average Bonchev–Trinajstić information content (AvgIpc) is 3.25. The number of aromatic nitrogens is 4. The van der Waals surface area contributed by atoms with E-state index in [1.165, 1.54) is 12.8 Å². The minimum absolute atomic E-state index is 0.138. The molecule has 28 heavy (non-hydrogen) atoms. The molecular weight excluding hydrogens is 374 g/mol. The lowest BCUT2D eigenvalue weighted by Crippen LogP contribution is -2.49. The molecule has 2 fully saturated rings. The highest BCUT2D eigenvalue weighted by atomic mass is 32.1. The number of amides is 1. The van der Waals surface area contributed by atoms with Crippen LogP contribution < -0.4 is 5.32 Å². The zero-order valence-electron chi connectivity index (χ0n) is 15.6. The first-order valence-corrected chi connectivity index (χ1v) is 10.3. The molecule has 1 amide bonds. The van der Waals surface area contributed by atoms with Crippen LogP contribution >= 0.6 is 11.3 Å². The third-order valence-electron chi connectivity index (χ3n) is 5.47. The quantitative estimate of drug-likeness (QED) is 0.694. The van der Waals surface area contributed by atoms with Crippen molar-refractivity contribution >= 4 is 22.9 Å². The number of anilines is 1. The van der Waals surface area contributed by atoms with Gasteiger partial charge in [-0.05, 0) is 30.5 Å². The fourth-order valence-corrected chi connectivity index (χ4v) is 4.49. The minimum atomic E-state index is -0.160. The van der Waals surface area contributed by atoms with E-state index < -0.39 is 0 Å². The van der Waals surface area contributed by atoms with Crippen molar-refractivity contribution < 1.29 is 9.53 Å². The van der Waals surface area contributed by atoms with Crippen LogP contribution in [0.5, 0.6) is 0 Å². The Morgan fingerprint density at radius 3 is 2.93 bits per heavy atom. The lowest BCUT2D eigenvalue weighted by Gasteiger charge is -2.41. The molecule has 7 nitrogen and oxygen atoms in total. The number of carbonyl (C=O) groups excluding carboxylic acids is 1. The molecule has 5 rings (SSSR count). The van der Waals surface area contributed by atoms with Crippen molar-refractivity contribution in [3.63, 3.8) is 0 Å². The SMILES string of the molecule is Cn1cnnc1CC1(c2cccc(NC(=O)c3csc(C4CC4)n3)c2)COC1. The van der Waals surface area contributed by atoms with Gasteiger partial charge >= 0.3 is 0 Å². The fourth-order valence-electron chi connectivity index (χ4n) is 3.52. The van der Waals surface area contributed by atoms with E-state index in [-0.39, 0.29) is 11.3 Å². The van der Waals surface area contributed by atoms with Crippen LogP contribution in [0.15, 0.2) is 36.0 Å². The van der Waals surface area contributed by atoms with Crippen LogP contribution in [0.4, 0.5) is 5.69 Å². The summed E-state index contributed by atoms with van der Waals surface area (Å²) in [6.07, 6.45) is 4.83. The second-order valence-corrected chi connectivity index (χ2v) is 8.58. The lowest BCUT2D eigenvalue weighted by atomic mass is 9.75. The number of rotatable bonds is 6. The third kappa shape index (κ3) is 3.22. The molecule has 0 bridgehead atoms. The molecule has 8 heteroatoms. The number of nitrogens with one attached hydrogen (secondary N) is 1. The van der Waals surface area contributed by atoms with Crippen LogP contribution in [-0.4, -0.2) is 38.9 Å². The number of ether oxygens (including phenoxy) is 1. The van der Waals surface area contributed by atoms with E-state index in [1.54, 1.807) is 17.7 Å². The first-order valence-electron chi connectivity index (χ1n) is 9.41. The summed E-state index contributed by atoms with van der Waals surface area (Å²) in [4.78, 5) is 17.1. The summed E-state index contributed by atoms with van der Waals surface area (Å²) in [5, 5.41) is 14.1. The third-order valence-corrected chi connectivity index (χ3v) is 6.48. The molecule has 1 aliphatic heterocycles. The second kappa shape index (κ2) is 6.79. The van der Waals surface area contributed by atoms with Crippen LogP contribution in [0.2, 0.25) is 0 Å². The standard InChI is InChI=1S/C20H21N5O2S/c1-25-12-21-24-17(25)8-20(10-27-11-20)14-3-2-4-15(7-14)22-18(26)16-9-28-19(23-16)13-5-6-13/h2-4,7,9,12-13H,5-6,8,10-11H2,1H3,(H,22,26). The summed E-state index contributed by atoms with van der Waals surface area (Å²) in [5.74, 6) is 1.33. The van der Waals surface area contributed by atoms with Crippen LogP contribution in [-0.2, 0) is 23.6 Å². The van der Waals surface area contributed by atoms with Crippen molar-refractivity contribution in [2.24, 2.45) is 7.05 Å². The van der Waals surface area contributed by atoms with Crippen molar-refractivity contribution in [2.45, 2.75) is 30.6 Å². The maximum atomic E-state index is 12.6. The number of hydrogen-bond acceptors (Lipinski definition) is 6. The molecule has 2 aliphatic rings. The summed E-state index contributed by atoms with van der Waals surface area (Å²) in [6, 6.07) is 8.00. The number of carbonyl (C=O) groups is 1. The van der Waals surface area contributed by atoms with E-state index in [4.69, 9.17) is 4.74 Å². The molecule has 0 spiro atoms. The van der Waals surface area contributed by atoms with Crippen molar-refractivity contribution in [3.05, 3.63) is 58.1 Å². The maximum Gasteiger partial charge on any atom is 0.275 e. The molecule has 0 unspecified atom stereocenters. The highest BCUT2D eigenvalue weighted by Gasteiger charge is 2.41. The zero-order chi connectivity index (χ0) is 19.1. The van der Waals surface area contributed by atoms with Gasteiger partial charge in [0.2, 0.25) is 0 Å². The van der Waals surface area contributed by atoms with E-state index >= 15 is 0 Å². The largest absolute Gasteiger partial charge is 0.379 e. The Morgan fingerprint density at radius 2 is 2.25 bits per heavy atom. The molecule has 3 heterocycles. The highest BCUT2D eigenvalue weighted by molar-refractivity contribution is 7.10. The molecule has 3 aromatic rings. The van der Waals surface area contributed by atoms with Gasteiger partial charge in [0.05, 0.1) is 18.2 Å². The normalized spacial score (nSPS) is 17.9. The van der Waals surface area contributed by atoms with Crippen molar-refractivity contribution in [3.8, 4) is 0 Å². The first kappa shape index (κ1) is 17.5. The second-order valence-electron chi connectivity index (χ2n) is 7.69.